The number of rotatable bonds is 9. The van der Waals surface area contributed by atoms with Crippen molar-refractivity contribution in [2.75, 3.05) is 31.8 Å². The summed E-state index contributed by atoms with van der Waals surface area (Å²) in [7, 11) is -0.423. The van der Waals surface area contributed by atoms with E-state index < -0.39 is 34.5 Å². The fourth-order valence-corrected chi connectivity index (χ4v) is 3.23. The van der Waals surface area contributed by atoms with Crippen LogP contribution in [0.4, 0.5) is 5.69 Å². The molecule has 2 aromatic rings. The molecule has 30 heavy (non-hydrogen) atoms. The highest BCUT2D eigenvalue weighted by Gasteiger charge is 2.17. The molecule has 1 unspecified atom stereocenters. The van der Waals surface area contributed by atoms with Gasteiger partial charge in [0.1, 0.15) is 11.5 Å². The van der Waals surface area contributed by atoms with Crippen molar-refractivity contribution < 1.29 is 32.2 Å². The van der Waals surface area contributed by atoms with Crippen LogP contribution in [0.5, 0.6) is 11.5 Å². The maximum Gasteiger partial charge on any atom is 0.338 e. The van der Waals surface area contributed by atoms with Gasteiger partial charge in [-0.05, 0) is 43.3 Å². The second-order valence-corrected chi connectivity index (χ2v) is 8.18. The number of nitrogens with one attached hydrogen (secondary N) is 2. The Balaban J connectivity index is 1.98. The van der Waals surface area contributed by atoms with Crippen LogP contribution in [0.2, 0.25) is 0 Å². The van der Waals surface area contributed by atoms with Gasteiger partial charge in [0, 0.05) is 11.3 Å². The maximum absolute atomic E-state index is 12.2. The molecule has 0 aliphatic carbocycles. The van der Waals surface area contributed by atoms with Gasteiger partial charge in [-0.15, -0.1) is 0 Å². The van der Waals surface area contributed by atoms with Crippen LogP contribution < -0.4 is 19.5 Å². The average Bonchev–Trinajstić information content (AvgIpc) is 2.70. The molecule has 1 atom stereocenters. The topological polar surface area (TPSA) is 120 Å². The Hall–Kier alpha value is -3.27. The van der Waals surface area contributed by atoms with Crippen molar-refractivity contribution in [1.29, 1.82) is 0 Å². The van der Waals surface area contributed by atoms with E-state index >= 15 is 0 Å². The first-order valence-electron chi connectivity index (χ1n) is 8.89. The zero-order valence-corrected chi connectivity index (χ0v) is 17.9. The second kappa shape index (κ2) is 9.97. The average molecular weight is 436 g/mol. The lowest BCUT2D eigenvalue weighted by Crippen LogP contribution is -2.31. The van der Waals surface area contributed by atoms with Crippen LogP contribution in [0.15, 0.2) is 42.5 Å². The molecule has 0 spiro atoms. The standard InChI is InChI=1S/C20H24N2O7S/c1-13(17-11-16(27-2)8-9-18(17)28-3)21-19(23)12-29-20(24)14-6-5-7-15(10-14)22-30(4,25)26/h5-11,13,22H,12H2,1-4H3,(H,21,23). The molecule has 0 aliphatic heterocycles. The smallest absolute Gasteiger partial charge is 0.338 e. The van der Waals surface area contributed by atoms with Crippen molar-refractivity contribution >= 4 is 27.6 Å². The lowest BCUT2D eigenvalue weighted by molar-refractivity contribution is -0.124. The van der Waals surface area contributed by atoms with Crippen LogP contribution in [0.1, 0.15) is 28.9 Å². The summed E-state index contributed by atoms with van der Waals surface area (Å²) in [5.41, 5.74) is 1.03. The van der Waals surface area contributed by atoms with Gasteiger partial charge in [-0.2, -0.15) is 0 Å². The van der Waals surface area contributed by atoms with E-state index in [1.165, 1.54) is 38.5 Å². The van der Waals surface area contributed by atoms with E-state index in [1.54, 1.807) is 25.1 Å². The molecule has 0 saturated carbocycles. The molecule has 0 radical (unpaired) electrons. The first-order valence-corrected chi connectivity index (χ1v) is 10.8. The first-order chi connectivity index (χ1) is 14.1. The number of methoxy groups -OCH3 is 2. The van der Waals surface area contributed by atoms with Gasteiger partial charge in [0.2, 0.25) is 10.0 Å². The first kappa shape index (κ1) is 23.0. The summed E-state index contributed by atoms with van der Waals surface area (Å²) in [6, 6.07) is 10.6. The number of carbonyl (C=O) groups is 2. The van der Waals surface area contributed by atoms with Crippen molar-refractivity contribution in [1.82, 2.24) is 5.32 Å². The molecule has 0 aliphatic rings. The van der Waals surface area contributed by atoms with Crippen molar-refractivity contribution in [2.24, 2.45) is 0 Å². The van der Waals surface area contributed by atoms with Crippen molar-refractivity contribution in [3.05, 3.63) is 53.6 Å². The number of benzene rings is 2. The highest BCUT2D eigenvalue weighted by atomic mass is 32.2. The molecule has 162 valence electrons. The van der Waals surface area contributed by atoms with Crippen LogP contribution in [-0.4, -0.2) is 47.4 Å². The van der Waals surface area contributed by atoms with Gasteiger partial charge >= 0.3 is 5.97 Å². The van der Waals surface area contributed by atoms with Crippen LogP contribution in [-0.2, 0) is 19.6 Å². The van der Waals surface area contributed by atoms with E-state index in [1.807, 2.05) is 0 Å². The Morgan fingerprint density at radius 3 is 2.43 bits per heavy atom. The van der Waals surface area contributed by atoms with Gasteiger partial charge < -0.3 is 19.5 Å². The summed E-state index contributed by atoms with van der Waals surface area (Å²) in [4.78, 5) is 24.4. The normalized spacial score (nSPS) is 11.9. The number of carbonyl (C=O) groups excluding carboxylic acids is 2. The lowest BCUT2D eigenvalue weighted by Gasteiger charge is -2.18. The SMILES string of the molecule is COc1ccc(OC)c(C(C)NC(=O)COC(=O)c2cccc(NS(C)(=O)=O)c2)c1. The van der Waals surface area contributed by atoms with Crippen molar-refractivity contribution in [2.45, 2.75) is 13.0 Å². The quantitative estimate of drug-likeness (QED) is 0.578. The third-order valence-corrected chi connectivity index (χ3v) is 4.62. The molecule has 0 aromatic heterocycles. The molecule has 1 amide bonds. The fraction of sp³-hybridized carbons (Fsp3) is 0.300. The molecular formula is C20H24N2O7S. The summed E-state index contributed by atoms with van der Waals surface area (Å²) in [5.74, 6) is -0.0725. The summed E-state index contributed by atoms with van der Waals surface area (Å²) in [6.07, 6.45) is 1.00. The Morgan fingerprint density at radius 2 is 1.80 bits per heavy atom. The summed E-state index contributed by atoms with van der Waals surface area (Å²) in [6.45, 7) is 1.26. The number of ether oxygens (including phenoxy) is 3. The largest absolute Gasteiger partial charge is 0.497 e. The predicted octanol–water partition coefficient (Wildman–Crippen LogP) is 2.11. The highest BCUT2D eigenvalue weighted by Crippen LogP contribution is 2.29. The molecule has 0 bridgehead atoms. The van der Waals surface area contributed by atoms with Crippen LogP contribution in [0.3, 0.4) is 0 Å². The summed E-state index contributed by atoms with van der Waals surface area (Å²) >= 11 is 0. The summed E-state index contributed by atoms with van der Waals surface area (Å²) in [5, 5.41) is 2.73. The molecule has 10 heteroatoms. The highest BCUT2D eigenvalue weighted by molar-refractivity contribution is 7.92. The van der Waals surface area contributed by atoms with Gasteiger partial charge in [0.25, 0.3) is 5.91 Å². The monoisotopic (exact) mass is 436 g/mol. The number of sulfonamides is 1. The van der Waals surface area contributed by atoms with Crippen molar-refractivity contribution in [3.63, 3.8) is 0 Å². The van der Waals surface area contributed by atoms with Crippen LogP contribution in [0.25, 0.3) is 0 Å². The minimum absolute atomic E-state index is 0.110. The molecule has 2 aromatic carbocycles. The number of anilines is 1. The molecule has 0 saturated heterocycles. The van der Waals surface area contributed by atoms with Crippen LogP contribution >= 0.6 is 0 Å². The second-order valence-electron chi connectivity index (χ2n) is 6.43. The van der Waals surface area contributed by atoms with Crippen LogP contribution in [0, 0.1) is 0 Å². The van der Waals surface area contributed by atoms with E-state index in [-0.39, 0.29) is 11.3 Å². The van der Waals surface area contributed by atoms with E-state index in [4.69, 9.17) is 14.2 Å². The minimum atomic E-state index is -3.48. The summed E-state index contributed by atoms with van der Waals surface area (Å²) < 4.78 is 40.4. The molecule has 2 N–H and O–H groups in total. The van der Waals surface area contributed by atoms with E-state index in [0.717, 1.165) is 6.26 Å². The van der Waals surface area contributed by atoms with Gasteiger partial charge in [0.05, 0.1) is 32.1 Å². The zero-order valence-electron chi connectivity index (χ0n) is 17.1. The number of esters is 1. The zero-order chi connectivity index (χ0) is 22.3. The Kier molecular flexibility index (Phi) is 7.65. The van der Waals surface area contributed by atoms with Crippen molar-refractivity contribution in [3.8, 4) is 11.5 Å². The maximum atomic E-state index is 12.2. The Labute approximate surface area is 175 Å². The molecular weight excluding hydrogens is 412 g/mol. The van der Waals surface area contributed by atoms with Gasteiger partial charge in [-0.25, -0.2) is 13.2 Å². The number of amides is 1. The third-order valence-electron chi connectivity index (χ3n) is 4.02. The van der Waals surface area contributed by atoms with E-state index in [0.29, 0.717) is 17.1 Å². The van der Waals surface area contributed by atoms with E-state index in [9.17, 15) is 18.0 Å². The minimum Gasteiger partial charge on any atom is -0.497 e. The molecule has 9 nitrogen and oxygen atoms in total. The third kappa shape index (κ3) is 6.66. The molecule has 0 fully saturated rings. The number of hydrogen-bond donors (Lipinski definition) is 2. The predicted molar refractivity (Wildman–Crippen MR) is 111 cm³/mol. The molecule has 2 rings (SSSR count). The number of hydrogen-bond acceptors (Lipinski definition) is 7. The van der Waals surface area contributed by atoms with E-state index in [2.05, 4.69) is 10.0 Å². The Morgan fingerprint density at radius 1 is 1.07 bits per heavy atom. The molecule has 0 heterocycles. The lowest BCUT2D eigenvalue weighted by atomic mass is 10.1. The fourth-order valence-electron chi connectivity index (χ4n) is 2.68. The van der Waals surface area contributed by atoms with Gasteiger partial charge in [-0.3, -0.25) is 9.52 Å². The Bertz CT molecular complexity index is 1020. The van der Waals surface area contributed by atoms with Gasteiger partial charge in [-0.1, -0.05) is 6.07 Å². The van der Waals surface area contributed by atoms with Gasteiger partial charge in [0.15, 0.2) is 6.61 Å².